The second kappa shape index (κ2) is 5.41. The molecule has 0 bridgehead atoms. The van der Waals surface area contributed by atoms with Crippen LogP contribution in [0.3, 0.4) is 0 Å². The minimum atomic E-state index is -0.601. The average molecular weight is 393 g/mol. The molecule has 3 unspecified atom stereocenters. The van der Waals surface area contributed by atoms with Crippen molar-refractivity contribution in [2.24, 2.45) is 22.2 Å². The van der Waals surface area contributed by atoms with Crippen molar-refractivity contribution >= 4 is 27.8 Å². The molecule has 2 aromatic carbocycles. The number of hydrogen-bond acceptors (Lipinski definition) is 3. The van der Waals surface area contributed by atoms with E-state index in [1.54, 1.807) is 0 Å². The molecular formula is C27H24N2O. The van der Waals surface area contributed by atoms with Crippen LogP contribution in [0.25, 0.3) is 21.9 Å². The van der Waals surface area contributed by atoms with Crippen LogP contribution in [0.4, 0.5) is 0 Å². The van der Waals surface area contributed by atoms with Crippen molar-refractivity contribution < 1.29 is 5.11 Å². The second-order valence-corrected chi connectivity index (χ2v) is 10.0. The van der Waals surface area contributed by atoms with Gasteiger partial charge >= 0.3 is 0 Å². The first-order valence-electron chi connectivity index (χ1n) is 10.9. The molecule has 30 heavy (non-hydrogen) atoms. The van der Waals surface area contributed by atoms with Crippen molar-refractivity contribution in [1.29, 1.82) is 0 Å². The van der Waals surface area contributed by atoms with E-state index in [-0.39, 0.29) is 17.3 Å². The van der Waals surface area contributed by atoms with Gasteiger partial charge in [-0.2, -0.15) is 0 Å². The zero-order valence-electron chi connectivity index (χ0n) is 17.3. The third-order valence-corrected chi connectivity index (χ3v) is 7.50. The van der Waals surface area contributed by atoms with E-state index in [1.807, 2.05) is 0 Å². The fourth-order valence-corrected chi connectivity index (χ4v) is 6.26. The molecule has 0 aromatic heterocycles. The van der Waals surface area contributed by atoms with Gasteiger partial charge in [0.2, 0.25) is 0 Å². The summed E-state index contributed by atoms with van der Waals surface area (Å²) in [5.74, 6) is 1.41. The lowest BCUT2D eigenvalue weighted by Crippen LogP contribution is -2.57. The molecule has 0 saturated carbocycles. The number of amidine groups is 1. The van der Waals surface area contributed by atoms with E-state index in [1.165, 1.54) is 38.6 Å². The number of aliphatic imine (C=N–C) groups is 1. The van der Waals surface area contributed by atoms with E-state index in [2.05, 4.69) is 79.4 Å². The zero-order valence-corrected chi connectivity index (χ0v) is 17.3. The molecule has 5 aliphatic rings. The van der Waals surface area contributed by atoms with Crippen molar-refractivity contribution in [3.05, 3.63) is 83.0 Å². The van der Waals surface area contributed by atoms with E-state index in [4.69, 9.17) is 4.99 Å². The highest BCUT2D eigenvalue weighted by atomic mass is 16.3. The second-order valence-electron chi connectivity index (χ2n) is 10.0. The highest BCUT2D eigenvalue weighted by Gasteiger charge is 2.50. The number of nitrogens with zero attached hydrogens (tertiary/aromatic N) is 2. The van der Waals surface area contributed by atoms with Crippen LogP contribution < -0.4 is 0 Å². The summed E-state index contributed by atoms with van der Waals surface area (Å²) >= 11 is 0. The van der Waals surface area contributed by atoms with E-state index in [0.29, 0.717) is 0 Å². The van der Waals surface area contributed by atoms with Crippen molar-refractivity contribution in [3.8, 4) is 0 Å². The summed E-state index contributed by atoms with van der Waals surface area (Å²) in [5.41, 5.74) is 7.89. The first kappa shape index (κ1) is 16.8. The third kappa shape index (κ3) is 1.96. The van der Waals surface area contributed by atoms with Crippen molar-refractivity contribution in [2.75, 3.05) is 13.1 Å². The molecule has 0 radical (unpaired) electrons. The maximum Gasteiger partial charge on any atom is 0.151 e. The Balaban J connectivity index is 1.52. The van der Waals surface area contributed by atoms with Crippen LogP contribution in [0.2, 0.25) is 0 Å². The Labute approximate surface area is 176 Å². The van der Waals surface area contributed by atoms with Crippen LogP contribution >= 0.6 is 0 Å². The van der Waals surface area contributed by atoms with Gasteiger partial charge in [0, 0.05) is 35.9 Å². The quantitative estimate of drug-likeness (QED) is 0.699. The normalized spacial score (nSPS) is 29.8. The lowest BCUT2D eigenvalue weighted by atomic mass is 9.60. The van der Waals surface area contributed by atoms with Gasteiger partial charge in [0.15, 0.2) is 6.23 Å². The number of allylic oxidation sites excluding steroid dienone is 6. The summed E-state index contributed by atoms with van der Waals surface area (Å²) in [5, 5.41) is 14.1. The first-order valence-corrected chi connectivity index (χ1v) is 10.9. The smallest absolute Gasteiger partial charge is 0.151 e. The van der Waals surface area contributed by atoms with Gasteiger partial charge in [-0.25, -0.2) is 0 Å². The molecule has 2 aliphatic heterocycles. The highest BCUT2D eigenvalue weighted by Crippen LogP contribution is 2.57. The summed E-state index contributed by atoms with van der Waals surface area (Å²) in [6, 6.07) is 13.3. The average Bonchev–Trinajstić information content (AvgIpc) is 2.75. The number of aliphatic hydroxyl groups is 1. The predicted octanol–water partition coefficient (Wildman–Crippen LogP) is 4.80. The topological polar surface area (TPSA) is 35.8 Å². The molecule has 1 saturated heterocycles. The van der Waals surface area contributed by atoms with Crippen LogP contribution in [-0.4, -0.2) is 35.2 Å². The fourth-order valence-electron chi connectivity index (χ4n) is 6.26. The standard InChI is InChI=1S/C27H24N2O/c1-27(2)13-28-25-20-11-9-18-16-7-3-5-15-6-4-8-17(22(15)16)19-10-12-21(24(20)23(18)19)26(30)29(25)14-27/h3-12,23-24,26,30H,13-14H2,1-2H3. The number of rotatable bonds is 0. The van der Waals surface area contributed by atoms with Crippen molar-refractivity contribution in [2.45, 2.75) is 20.1 Å². The summed E-state index contributed by atoms with van der Waals surface area (Å²) in [6.45, 7) is 6.09. The lowest BCUT2D eigenvalue weighted by Gasteiger charge is -2.52. The Hall–Kier alpha value is -2.91. The Kier molecular flexibility index (Phi) is 3.04. The summed E-state index contributed by atoms with van der Waals surface area (Å²) < 4.78 is 0. The molecule has 0 amide bonds. The van der Waals surface area contributed by atoms with Gasteiger partial charge in [0.05, 0.1) is 0 Å². The van der Waals surface area contributed by atoms with E-state index < -0.39 is 6.23 Å². The van der Waals surface area contributed by atoms with E-state index >= 15 is 0 Å². The Morgan fingerprint density at radius 1 is 0.900 bits per heavy atom. The molecule has 3 heteroatoms. The van der Waals surface area contributed by atoms with Crippen LogP contribution in [0.1, 0.15) is 25.0 Å². The van der Waals surface area contributed by atoms with Gasteiger partial charge < -0.3 is 10.0 Å². The Morgan fingerprint density at radius 3 is 2.30 bits per heavy atom. The largest absolute Gasteiger partial charge is 0.370 e. The first-order chi connectivity index (χ1) is 14.5. The van der Waals surface area contributed by atoms with Gasteiger partial charge in [-0.05, 0) is 38.6 Å². The minimum absolute atomic E-state index is 0.0726. The van der Waals surface area contributed by atoms with Gasteiger partial charge in [-0.15, -0.1) is 0 Å². The molecule has 3 nitrogen and oxygen atoms in total. The molecule has 0 spiro atoms. The number of benzene rings is 2. The summed E-state index contributed by atoms with van der Waals surface area (Å²) in [7, 11) is 0. The Bertz CT molecular complexity index is 1300. The van der Waals surface area contributed by atoms with Gasteiger partial charge in [-0.1, -0.05) is 74.5 Å². The van der Waals surface area contributed by atoms with Crippen LogP contribution in [0.5, 0.6) is 0 Å². The van der Waals surface area contributed by atoms with E-state index in [0.717, 1.165) is 24.5 Å². The van der Waals surface area contributed by atoms with Crippen molar-refractivity contribution in [1.82, 2.24) is 4.90 Å². The Morgan fingerprint density at radius 2 is 1.57 bits per heavy atom. The molecule has 1 N–H and O–H groups in total. The SMILES string of the molecule is CC1(C)CN=C2C3=CC=C4c5cccc6cccc(c56)C5=CC=C(C3C45)C(O)N2C1. The van der Waals surface area contributed by atoms with Crippen LogP contribution in [-0.2, 0) is 0 Å². The molecule has 3 aliphatic carbocycles. The summed E-state index contributed by atoms with van der Waals surface area (Å²) in [4.78, 5) is 7.10. The van der Waals surface area contributed by atoms with Gasteiger partial charge in [0.1, 0.15) is 5.84 Å². The molecule has 148 valence electrons. The fraction of sp³-hybridized carbons (Fsp3) is 0.296. The third-order valence-electron chi connectivity index (χ3n) is 7.50. The van der Waals surface area contributed by atoms with E-state index in [9.17, 15) is 5.11 Å². The minimum Gasteiger partial charge on any atom is -0.370 e. The molecule has 7 rings (SSSR count). The highest BCUT2D eigenvalue weighted by molar-refractivity contribution is 6.12. The lowest BCUT2D eigenvalue weighted by molar-refractivity contribution is 0.0403. The van der Waals surface area contributed by atoms with Gasteiger partial charge in [0.25, 0.3) is 0 Å². The maximum atomic E-state index is 11.4. The maximum absolute atomic E-state index is 11.4. The molecular weight excluding hydrogens is 368 g/mol. The number of aliphatic hydroxyl groups excluding tert-OH is 1. The molecule has 2 heterocycles. The summed E-state index contributed by atoms with van der Waals surface area (Å²) in [6.07, 6.45) is 8.43. The zero-order chi connectivity index (χ0) is 20.2. The number of fused-ring (bicyclic) bond motifs is 4. The molecule has 1 fully saturated rings. The van der Waals surface area contributed by atoms with Crippen LogP contribution in [0.15, 0.2) is 76.8 Å². The number of piperidine rings is 1. The predicted molar refractivity (Wildman–Crippen MR) is 122 cm³/mol. The van der Waals surface area contributed by atoms with Crippen molar-refractivity contribution in [3.63, 3.8) is 0 Å². The molecule has 2 aromatic rings. The monoisotopic (exact) mass is 392 g/mol. The number of hydrogen-bond donors (Lipinski definition) is 1. The molecule has 3 atom stereocenters. The van der Waals surface area contributed by atoms with Gasteiger partial charge in [-0.3, -0.25) is 4.99 Å². The van der Waals surface area contributed by atoms with Crippen LogP contribution in [0, 0.1) is 17.3 Å².